The number of cyclic esters (lactones) is 1. The highest BCUT2D eigenvalue weighted by Gasteiger charge is 2.48. The fourth-order valence-electron chi connectivity index (χ4n) is 6.01. The van der Waals surface area contributed by atoms with Crippen LogP contribution >= 0.6 is 11.6 Å². The first kappa shape index (κ1) is 39.8. The van der Waals surface area contributed by atoms with Crippen molar-refractivity contribution in [2.45, 2.75) is 90.8 Å². The number of carbonyl (C=O) groups excluding carboxylic acids is 4. The summed E-state index contributed by atoms with van der Waals surface area (Å²) in [7, 11) is 1.49. The van der Waals surface area contributed by atoms with Gasteiger partial charge in [0.05, 0.1) is 30.3 Å². The summed E-state index contributed by atoms with van der Waals surface area (Å²) in [5.74, 6) is -2.24. The predicted octanol–water partition coefficient (Wildman–Crippen LogP) is 3.52. The zero-order valence-electron chi connectivity index (χ0n) is 30.2. The molecule has 6 N–H and O–H groups in total. The quantitative estimate of drug-likeness (QED) is 0.191. The molecule has 0 radical (unpaired) electrons. The molecule has 0 bridgehead atoms. The lowest BCUT2D eigenvalue weighted by Gasteiger charge is -2.33. The van der Waals surface area contributed by atoms with Gasteiger partial charge in [-0.05, 0) is 53.7 Å². The number of esters is 1. The molecule has 278 valence electrons. The third-order valence-corrected chi connectivity index (χ3v) is 9.62. The molecule has 2 aromatic rings. The summed E-state index contributed by atoms with van der Waals surface area (Å²) in [6, 6.07) is 10.8. The van der Waals surface area contributed by atoms with Crippen LogP contribution in [0.1, 0.15) is 70.3 Å². The summed E-state index contributed by atoms with van der Waals surface area (Å²) in [4.78, 5) is 54.4. The van der Waals surface area contributed by atoms with Crippen LogP contribution in [-0.2, 0) is 41.6 Å². The average molecular weight is 727 g/mol. The number of amides is 3. The predicted molar refractivity (Wildman–Crippen MR) is 193 cm³/mol. The molecule has 4 rings (SSSR count). The second kappa shape index (κ2) is 17.0. The summed E-state index contributed by atoms with van der Waals surface area (Å²) in [6.07, 6.45) is 2.19. The highest BCUT2D eigenvalue weighted by molar-refractivity contribution is 6.32. The fraction of sp³-hybridized carbons (Fsp3) is 0.526. The normalized spacial score (nSPS) is 27.7. The Balaban J connectivity index is 1.64. The van der Waals surface area contributed by atoms with Crippen molar-refractivity contribution in [3.05, 3.63) is 76.3 Å². The fourth-order valence-corrected chi connectivity index (χ4v) is 6.29. The van der Waals surface area contributed by atoms with Crippen molar-refractivity contribution >= 4 is 35.3 Å². The molecule has 12 nitrogen and oxygen atoms in total. The third kappa shape index (κ3) is 10.8. The van der Waals surface area contributed by atoms with E-state index in [0.717, 1.165) is 11.1 Å². The van der Waals surface area contributed by atoms with E-state index in [4.69, 9.17) is 31.5 Å². The van der Waals surface area contributed by atoms with Gasteiger partial charge in [-0.15, -0.1) is 0 Å². The minimum atomic E-state index is -1.51. The second-order valence-electron chi connectivity index (χ2n) is 14.9. The van der Waals surface area contributed by atoms with E-state index in [1.165, 1.54) is 20.1 Å². The lowest BCUT2D eigenvalue weighted by Crippen LogP contribution is -2.56. The van der Waals surface area contributed by atoms with E-state index < -0.39 is 59.3 Å². The van der Waals surface area contributed by atoms with Crippen LogP contribution in [0.5, 0.6) is 5.75 Å². The standard InChI is InChI=1S/C38H51ClN4O8/c1-22(32-33(51-32)25-13-10-23(19-40)11-14-25)29-8-7-9-31(45)42-27(17-24-12-15-30(49-6)26(39)16-24)34(46)41-20-38(5,21-44)36(48)43-28(35(47)50-29)18-37(2,3)4/h7,9-16,22,27-29,32-33,44H,8,17-21,40H2,1-6H3,(H,41,46)(H,42,45)(H,43,48)/b9-7+/t22-,27+,28-,29-,32+,33+,38?/m0/s1. The van der Waals surface area contributed by atoms with Crippen LogP contribution in [-0.4, -0.2) is 73.4 Å². The molecule has 1 fully saturated rings. The third-order valence-electron chi connectivity index (χ3n) is 9.32. The lowest BCUT2D eigenvalue weighted by atomic mass is 9.86. The first-order valence-electron chi connectivity index (χ1n) is 17.2. The van der Waals surface area contributed by atoms with E-state index >= 15 is 0 Å². The van der Waals surface area contributed by atoms with E-state index in [9.17, 15) is 24.3 Å². The number of epoxide rings is 1. The monoisotopic (exact) mass is 726 g/mol. The number of hydrogen-bond donors (Lipinski definition) is 5. The Morgan fingerprint density at radius 2 is 1.75 bits per heavy atom. The van der Waals surface area contributed by atoms with Gasteiger partial charge < -0.3 is 41.0 Å². The van der Waals surface area contributed by atoms with Crippen molar-refractivity contribution in [1.82, 2.24) is 16.0 Å². The van der Waals surface area contributed by atoms with Crippen LogP contribution in [0, 0.1) is 16.7 Å². The summed E-state index contributed by atoms with van der Waals surface area (Å²) < 4.78 is 17.4. The van der Waals surface area contributed by atoms with Crippen molar-refractivity contribution in [3.8, 4) is 5.75 Å². The molecule has 0 spiro atoms. The zero-order valence-corrected chi connectivity index (χ0v) is 30.9. The van der Waals surface area contributed by atoms with Gasteiger partial charge in [0.25, 0.3) is 0 Å². The van der Waals surface area contributed by atoms with Gasteiger partial charge in [0.15, 0.2) is 0 Å². The zero-order chi connectivity index (χ0) is 37.5. The highest BCUT2D eigenvalue weighted by Crippen LogP contribution is 2.45. The second-order valence-corrected chi connectivity index (χ2v) is 15.3. The van der Waals surface area contributed by atoms with Crippen LogP contribution in [0.4, 0.5) is 0 Å². The summed E-state index contributed by atoms with van der Waals surface area (Å²) in [5.41, 5.74) is 6.48. The number of aliphatic hydroxyl groups is 1. The van der Waals surface area contributed by atoms with Gasteiger partial charge in [0, 0.05) is 31.8 Å². The lowest BCUT2D eigenvalue weighted by molar-refractivity contribution is -0.157. The molecule has 1 unspecified atom stereocenters. The molecule has 2 aliphatic rings. The molecule has 0 aliphatic carbocycles. The molecule has 2 aromatic carbocycles. The number of aliphatic hydroxyl groups excluding tert-OH is 1. The summed E-state index contributed by atoms with van der Waals surface area (Å²) in [5, 5.41) is 19.0. The largest absolute Gasteiger partial charge is 0.495 e. The highest BCUT2D eigenvalue weighted by atomic mass is 35.5. The van der Waals surface area contributed by atoms with Gasteiger partial charge in [-0.2, -0.15) is 0 Å². The number of methoxy groups -OCH3 is 1. The molecular formula is C38H51ClN4O8. The number of nitrogens with two attached hydrogens (primary N) is 1. The Morgan fingerprint density at radius 3 is 2.35 bits per heavy atom. The Kier molecular flexibility index (Phi) is 13.3. The molecule has 0 aromatic heterocycles. The molecule has 7 atom stereocenters. The first-order chi connectivity index (χ1) is 24.1. The van der Waals surface area contributed by atoms with Gasteiger partial charge in [0.2, 0.25) is 17.7 Å². The van der Waals surface area contributed by atoms with E-state index in [1.807, 2.05) is 52.0 Å². The topological polar surface area (TPSA) is 182 Å². The van der Waals surface area contributed by atoms with Crippen molar-refractivity contribution in [2.24, 2.45) is 22.5 Å². The Labute approximate surface area is 304 Å². The average Bonchev–Trinajstić information content (AvgIpc) is 3.89. The van der Waals surface area contributed by atoms with Crippen LogP contribution < -0.4 is 26.4 Å². The summed E-state index contributed by atoms with van der Waals surface area (Å²) in [6.45, 7) is 8.74. The van der Waals surface area contributed by atoms with Crippen molar-refractivity contribution in [3.63, 3.8) is 0 Å². The van der Waals surface area contributed by atoms with E-state index in [-0.39, 0.29) is 43.9 Å². The Hall–Kier alpha value is -3.97. The van der Waals surface area contributed by atoms with Crippen LogP contribution in [0.2, 0.25) is 5.02 Å². The number of benzene rings is 2. The molecule has 0 saturated carbocycles. The number of hydrogen-bond acceptors (Lipinski definition) is 9. The van der Waals surface area contributed by atoms with Crippen molar-refractivity contribution in [1.29, 1.82) is 0 Å². The van der Waals surface area contributed by atoms with E-state index in [0.29, 0.717) is 22.9 Å². The number of halogens is 1. The van der Waals surface area contributed by atoms with E-state index in [2.05, 4.69) is 16.0 Å². The maximum absolute atomic E-state index is 13.9. The van der Waals surface area contributed by atoms with Crippen LogP contribution in [0.15, 0.2) is 54.6 Å². The maximum atomic E-state index is 13.9. The number of carbonyl (C=O) groups is 4. The Morgan fingerprint density at radius 1 is 1.06 bits per heavy atom. The molecule has 51 heavy (non-hydrogen) atoms. The molecule has 1 saturated heterocycles. The van der Waals surface area contributed by atoms with E-state index in [1.54, 1.807) is 24.3 Å². The van der Waals surface area contributed by atoms with Crippen LogP contribution in [0.3, 0.4) is 0 Å². The van der Waals surface area contributed by atoms with Gasteiger partial charge in [-0.25, -0.2) is 4.79 Å². The van der Waals surface area contributed by atoms with Crippen molar-refractivity contribution in [2.75, 3.05) is 20.3 Å². The molecule has 2 aliphatic heterocycles. The molecular weight excluding hydrogens is 676 g/mol. The molecule has 13 heteroatoms. The SMILES string of the molecule is COc1ccc(C[C@H]2NC(=O)/C=C/C[C@@H]([C@H](C)[C@H]3O[C@@H]3c3ccc(CN)cc3)OC(=O)[C@H](CC(C)(C)C)NC(=O)C(C)(CO)CNC2=O)cc1Cl. The number of ether oxygens (including phenoxy) is 3. The molecule has 2 heterocycles. The van der Waals surface area contributed by atoms with Crippen LogP contribution in [0.25, 0.3) is 0 Å². The van der Waals surface area contributed by atoms with Gasteiger partial charge >= 0.3 is 5.97 Å². The Bertz CT molecular complexity index is 1590. The van der Waals surface area contributed by atoms with Gasteiger partial charge in [-0.3, -0.25) is 14.4 Å². The summed E-state index contributed by atoms with van der Waals surface area (Å²) >= 11 is 6.33. The maximum Gasteiger partial charge on any atom is 0.328 e. The minimum absolute atomic E-state index is 0.0781. The molecule has 3 amide bonds. The van der Waals surface area contributed by atoms with Gasteiger partial charge in [0.1, 0.15) is 30.0 Å². The number of rotatable bonds is 9. The van der Waals surface area contributed by atoms with Crippen molar-refractivity contribution < 1.29 is 38.5 Å². The first-order valence-corrected chi connectivity index (χ1v) is 17.6. The van der Waals surface area contributed by atoms with Gasteiger partial charge in [-0.1, -0.05) is 75.7 Å². The minimum Gasteiger partial charge on any atom is -0.495 e. The number of nitrogens with one attached hydrogen (secondary N) is 3. The smallest absolute Gasteiger partial charge is 0.328 e.